The Morgan fingerprint density at radius 3 is 2.25 bits per heavy atom. The van der Waals surface area contributed by atoms with E-state index >= 15 is 0 Å². The second-order valence-corrected chi connectivity index (χ2v) is 7.47. The van der Waals surface area contributed by atoms with Crippen LogP contribution < -0.4 is 5.32 Å². The summed E-state index contributed by atoms with van der Waals surface area (Å²) in [6.07, 6.45) is 0. The number of nitrogens with one attached hydrogen (secondary N) is 1. The molecule has 0 aromatic heterocycles. The molecule has 0 aliphatic carbocycles. The molecule has 3 aromatic carbocycles. The molecule has 3 aromatic rings. The number of hydrogen-bond donors (Lipinski definition) is 1. The molecule has 1 atom stereocenters. The van der Waals surface area contributed by atoms with Gasteiger partial charge >= 0.3 is 0 Å². The first kappa shape index (κ1) is 19.9. The zero-order valence-electron chi connectivity index (χ0n) is 15.5. The predicted octanol–water partition coefficient (Wildman–Crippen LogP) is 6.52. The maximum atomic E-state index is 12.5. The van der Waals surface area contributed by atoms with Crippen LogP contribution in [0.15, 0.2) is 60.7 Å². The maximum Gasteiger partial charge on any atom is 0.255 e. The lowest BCUT2D eigenvalue weighted by Crippen LogP contribution is -2.13. The van der Waals surface area contributed by atoms with Crippen molar-refractivity contribution < 1.29 is 4.79 Å². The molecule has 0 fully saturated rings. The standard InChI is InChI=1S/C23H18Cl2N2O/c1-14-3-5-17(6-4-14)23(28)27-22-12-21(25)19(11-15(22)2)20(13-26)16-7-9-18(24)10-8-16/h3-12,20H,1-2H3,(H,27,28)/t20-/m1/s1. The SMILES string of the molecule is Cc1ccc(C(=O)Nc2cc(Cl)c([C@H](C#N)c3ccc(Cl)cc3)cc2C)cc1. The smallest absolute Gasteiger partial charge is 0.255 e. The molecule has 0 saturated carbocycles. The number of nitriles is 1. The number of amides is 1. The Hall–Kier alpha value is -2.80. The highest BCUT2D eigenvalue weighted by atomic mass is 35.5. The molecule has 0 aliphatic heterocycles. The molecule has 5 heteroatoms. The fourth-order valence-corrected chi connectivity index (χ4v) is 3.34. The van der Waals surface area contributed by atoms with Crippen LogP contribution in [0.1, 0.15) is 38.5 Å². The first-order valence-corrected chi connectivity index (χ1v) is 9.48. The molecule has 0 unspecified atom stereocenters. The van der Waals surface area contributed by atoms with Gasteiger partial charge in [-0.1, -0.05) is 59.1 Å². The van der Waals surface area contributed by atoms with Gasteiger partial charge in [0.25, 0.3) is 5.91 Å². The van der Waals surface area contributed by atoms with E-state index in [9.17, 15) is 10.1 Å². The van der Waals surface area contributed by atoms with Crippen molar-refractivity contribution in [2.45, 2.75) is 19.8 Å². The van der Waals surface area contributed by atoms with Crippen LogP contribution >= 0.6 is 23.2 Å². The molecule has 140 valence electrons. The Kier molecular flexibility index (Phi) is 6.04. The Morgan fingerprint density at radius 2 is 1.64 bits per heavy atom. The van der Waals surface area contributed by atoms with Gasteiger partial charge in [-0.3, -0.25) is 4.79 Å². The second kappa shape index (κ2) is 8.48. The Morgan fingerprint density at radius 1 is 1.00 bits per heavy atom. The van der Waals surface area contributed by atoms with Crippen molar-refractivity contribution in [2.75, 3.05) is 5.32 Å². The Bertz CT molecular complexity index is 1050. The van der Waals surface area contributed by atoms with Crippen molar-refractivity contribution >= 4 is 34.8 Å². The quantitative estimate of drug-likeness (QED) is 0.534. The van der Waals surface area contributed by atoms with Crippen LogP contribution in [0, 0.1) is 25.2 Å². The zero-order valence-corrected chi connectivity index (χ0v) is 17.0. The number of aryl methyl sites for hydroxylation is 2. The van der Waals surface area contributed by atoms with Crippen molar-refractivity contribution in [3.63, 3.8) is 0 Å². The molecule has 0 aliphatic rings. The molecular formula is C23H18Cl2N2O. The molecule has 0 heterocycles. The molecule has 1 N–H and O–H groups in total. The van der Waals surface area contributed by atoms with Crippen molar-refractivity contribution in [1.29, 1.82) is 5.26 Å². The van der Waals surface area contributed by atoms with Crippen molar-refractivity contribution in [3.8, 4) is 6.07 Å². The minimum absolute atomic E-state index is 0.207. The maximum absolute atomic E-state index is 12.5. The highest BCUT2D eigenvalue weighted by Crippen LogP contribution is 2.34. The number of hydrogen-bond acceptors (Lipinski definition) is 2. The first-order valence-electron chi connectivity index (χ1n) is 8.72. The van der Waals surface area contributed by atoms with E-state index in [-0.39, 0.29) is 5.91 Å². The summed E-state index contributed by atoms with van der Waals surface area (Å²) in [5, 5.41) is 13.6. The summed E-state index contributed by atoms with van der Waals surface area (Å²) in [6, 6.07) is 20.3. The van der Waals surface area contributed by atoms with E-state index in [0.29, 0.717) is 26.9 Å². The fourth-order valence-electron chi connectivity index (χ4n) is 2.94. The highest BCUT2D eigenvalue weighted by molar-refractivity contribution is 6.32. The fraction of sp³-hybridized carbons (Fsp3) is 0.130. The average molecular weight is 409 g/mol. The molecule has 3 rings (SSSR count). The Balaban J connectivity index is 1.90. The lowest BCUT2D eigenvalue weighted by atomic mass is 9.91. The summed E-state index contributed by atoms with van der Waals surface area (Å²) in [4.78, 5) is 12.5. The van der Waals surface area contributed by atoms with Crippen molar-refractivity contribution in [3.05, 3.63) is 98.5 Å². The van der Waals surface area contributed by atoms with Gasteiger partial charge in [-0.05, 0) is 60.9 Å². The number of halogens is 2. The summed E-state index contributed by atoms with van der Waals surface area (Å²) >= 11 is 12.4. The molecule has 0 radical (unpaired) electrons. The van der Waals surface area contributed by atoms with E-state index < -0.39 is 5.92 Å². The van der Waals surface area contributed by atoms with Crippen LogP contribution in [0.2, 0.25) is 10.0 Å². The molecular weight excluding hydrogens is 391 g/mol. The summed E-state index contributed by atoms with van der Waals surface area (Å²) < 4.78 is 0. The molecule has 1 amide bonds. The minimum Gasteiger partial charge on any atom is -0.322 e. The zero-order chi connectivity index (χ0) is 20.3. The summed E-state index contributed by atoms with van der Waals surface area (Å²) in [5.41, 5.74) is 4.61. The third-order valence-corrected chi connectivity index (χ3v) is 5.13. The summed E-state index contributed by atoms with van der Waals surface area (Å²) in [5.74, 6) is -0.730. The average Bonchev–Trinajstić information content (AvgIpc) is 2.68. The van der Waals surface area contributed by atoms with Crippen LogP contribution in [-0.2, 0) is 0 Å². The first-order chi connectivity index (χ1) is 13.4. The topological polar surface area (TPSA) is 52.9 Å². The number of carbonyl (C=O) groups excluding carboxylic acids is 1. The Labute approximate surface area is 174 Å². The van der Waals surface area contributed by atoms with Gasteiger partial charge in [0.2, 0.25) is 0 Å². The van der Waals surface area contributed by atoms with Crippen LogP contribution in [-0.4, -0.2) is 5.91 Å². The van der Waals surface area contributed by atoms with Crippen LogP contribution in [0.4, 0.5) is 5.69 Å². The third-order valence-electron chi connectivity index (χ3n) is 4.55. The predicted molar refractivity (Wildman–Crippen MR) is 114 cm³/mol. The number of rotatable bonds is 4. The van der Waals surface area contributed by atoms with Gasteiger partial charge < -0.3 is 5.32 Å². The van der Waals surface area contributed by atoms with Gasteiger partial charge in [-0.2, -0.15) is 5.26 Å². The van der Waals surface area contributed by atoms with Gasteiger partial charge in [0.15, 0.2) is 0 Å². The van der Waals surface area contributed by atoms with Crippen LogP contribution in [0.3, 0.4) is 0 Å². The lowest BCUT2D eigenvalue weighted by Gasteiger charge is -2.16. The van der Waals surface area contributed by atoms with E-state index in [1.807, 2.05) is 44.2 Å². The summed E-state index contributed by atoms with van der Waals surface area (Å²) in [7, 11) is 0. The van der Waals surface area contributed by atoms with E-state index in [0.717, 1.165) is 16.7 Å². The van der Waals surface area contributed by atoms with E-state index in [4.69, 9.17) is 23.2 Å². The molecule has 0 bridgehead atoms. The van der Waals surface area contributed by atoms with Gasteiger partial charge in [0.05, 0.1) is 12.0 Å². The largest absolute Gasteiger partial charge is 0.322 e. The van der Waals surface area contributed by atoms with Gasteiger partial charge in [0.1, 0.15) is 0 Å². The van der Waals surface area contributed by atoms with E-state index in [1.165, 1.54) is 0 Å². The van der Waals surface area contributed by atoms with Gasteiger partial charge in [-0.25, -0.2) is 0 Å². The van der Waals surface area contributed by atoms with Gasteiger partial charge in [-0.15, -0.1) is 0 Å². The van der Waals surface area contributed by atoms with Gasteiger partial charge in [0, 0.05) is 21.3 Å². The lowest BCUT2D eigenvalue weighted by molar-refractivity contribution is 0.102. The normalized spacial score (nSPS) is 11.5. The number of anilines is 1. The number of benzene rings is 3. The number of nitrogens with zero attached hydrogens (tertiary/aromatic N) is 1. The van der Waals surface area contributed by atoms with Crippen molar-refractivity contribution in [2.24, 2.45) is 0 Å². The van der Waals surface area contributed by atoms with E-state index in [1.54, 1.807) is 30.3 Å². The monoisotopic (exact) mass is 408 g/mol. The third kappa shape index (κ3) is 4.36. The molecule has 28 heavy (non-hydrogen) atoms. The highest BCUT2D eigenvalue weighted by Gasteiger charge is 2.19. The molecule has 0 saturated heterocycles. The van der Waals surface area contributed by atoms with Crippen LogP contribution in [0.5, 0.6) is 0 Å². The second-order valence-electron chi connectivity index (χ2n) is 6.62. The summed E-state index contributed by atoms with van der Waals surface area (Å²) in [6.45, 7) is 3.84. The van der Waals surface area contributed by atoms with Crippen molar-refractivity contribution in [1.82, 2.24) is 0 Å². The molecule has 0 spiro atoms. The molecule has 3 nitrogen and oxygen atoms in total. The van der Waals surface area contributed by atoms with E-state index in [2.05, 4.69) is 11.4 Å². The van der Waals surface area contributed by atoms with Crippen LogP contribution in [0.25, 0.3) is 0 Å². The minimum atomic E-state index is -0.523. The number of carbonyl (C=O) groups is 1.